The van der Waals surface area contributed by atoms with Gasteiger partial charge in [-0.1, -0.05) is 6.07 Å². The van der Waals surface area contributed by atoms with Gasteiger partial charge in [0.05, 0.1) is 44.0 Å². The fourth-order valence-corrected chi connectivity index (χ4v) is 3.65. The van der Waals surface area contributed by atoms with E-state index in [1.165, 1.54) is 0 Å². The van der Waals surface area contributed by atoms with Crippen molar-refractivity contribution in [2.45, 2.75) is 0 Å². The summed E-state index contributed by atoms with van der Waals surface area (Å²) in [5.41, 5.74) is 1.64. The van der Waals surface area contributed by atoms with E-state index in [2.05, 4.69) is 9.98 Å². The maximum absolute atomic E-state index is 5.97. The quantitative estimate of drug-likeness (QED) is 0.703. The number of fused-ring (bicyclic) bond motifs is 1. The molecule has 2 aromatic rings. The molecule has 0 unspecified atom stereocenters. The van der Waals surface area contributed by atoms with E-state index < -0.39 is 0 Å². The predicted octanol–water partition coefficient (Wildman–Crippen LogP) is 4.09. The SMILES string of the molecule is C(=Nc1ccc2c(c1)OCCSCCOCCSCCO2)c1ccccn1. The number of hydrogen-bond donors (Lipinski definition) is 0. The summed E-state index contributed by atoms with van der Waals surface area (Å²) < 4.78 is 17.5. The molecular formula is C20H24N2O3S2. The maximum Gasteiger partial charge on any atom is 0.163 e. The summed E-state index contributed by atoms with van der Waals surface area (Å²) in [6.45, 7) is 2.87. The number of hydrogen-bond acceptors (Lipinski definition) is 7. The van der Waals surface area contributed by atoms with Gasteiger partial charge in [-0.25, -0.2) is 0 Å². The highest BCUT2D eigenvalue weighted by Gasteiger charge is 2.08. The molecule has 3 rings (SSSR count). The molecular weight excluding hydrogens is 380 g/mol. The summed E-state index contributed by atoms with van der Waals surface area (Å²) in [5.74, 6) is 5.34. The molecule has 0 aliphatic carbocycles. The number of nitrogens with zero attached hydrogens (tertiary/aromatic N) is 2. The highest BCUT2D eigenvalue weighted by atomic mass is 32.2. The molecule has 0 spiro atoms. The Balaban J connectivity index is 1.67. The molecule has 2 heterocycles. The standard InChI is InChI=1S/C20H24N2O3S2/c1-2-6-21-18(3-1)16-22-17-4-5-19-20(15-17)25-10-14-27-12-8-23-7-11-26-13-9-24-19/h1-6,15-16H,7-14H2. The fourth-order valence-electron chi connectivity index (χ4n) is 2.37. The van der Waals surface area contributed by atoms with Crippen LogP contribution in [0.3, 0.4) is 0 Å². The number of aromatic nitrogens is 1. The molecule has 0 N–H and O–H groups in total. The molecule has 5 nitrogen and oxygen atoms in total. The van der Waals surface area contributed by atoms with Crippen molar-refractivity contribution in [1.29, 1.82) is 0 Å². The topological polar surface area (TPSA) is 52.9 Å². The van der Waals surface area contributed by atoms with Gasteiger partial charge in [-0.05, 0) is 24.3 Å². The van der Waals surface area contributed by atoms with Gasteiger partial charge in [0, 0.05) is 35.3 Å². The number of thioether (sulfide) groups is 2. The molecule has 7 heteroatoms. The van der Waals surface area contributed by atoms with Crippen LogP contribution in [0, 0.1) is 0 Å². The minimum absolute atomic E-state index is 0.628. The van der Waals surface area contributed by atoms with Crippen molar-refractivity contribution >= 4 is 35.4 Å². The summed E-state index contributed by atoms with van der Waals surface area (Å²) in [5, 5.41) is 0. The Morgan fingerprint density at radius 1 is 0.852 bits per heavy atom. The van der Waals surface area contributed by atoms with Gasteiger partial charge in [-0.2, -0.15) is 23.5 Å². The van der Waals surface area contributed by atoms with Crippen LogP contribution in [0.4, 0.5) is 5.69 Å². The minimum atomic E-state index is 0.628. The molecule has 1 aromatic heterocycles. The third-order valence-corrected chi connectivity index (χ3v) is 5.50. The van der Waals surface area contributed by atoms with Crippen LogP contribution in [0.1, 0.15) is 5.69 Å². The Labute approximate surface area is 168 Å². The lowest BCUT2D eigenvalue weighted by Crippen LogP contribution is -2.05. The van der Waals surface area contributed by atoms with Crippen molar-refractivity contribution < 1.29 is 14.2 Å². The zero-order valence-corrected chi connectivity index (χ0v) is 16.8. The Bertz CT molecular complexity index is 714. The molecule has 0 amide bonds. The van der Waals surface area contributed by atoms with Gasteiger partial charge < -0.3 is 14.2 Å². The molecule has 0 radical (unpaired) electrons. The molecule has 0 saturated heterocycles. The van der Waals surface area contributed by atoms with Gasteiger partial charge in [-0.3, -0.25) is 9.98 Å². The summed E-state index contributed by atoms with van der Waals surface area (Å²) in [6.07, 6.45) is 3.51. The first kappa shape index (κ1) is 20.0. The van der Waals surface area contributed by atoms with E-state index in [9.17, 15) is 0 Å². The van der Waals surface area contributed by atoms with Crippen molar-refractivity contribution in [2.75, 3.05) is 49.4 Å². The van der Waals surface area contributed by atoms with Crippen molar-refractivity contribution in [3.05, 3.63) is 48.3 Å². The second-order valence-corrected chi connectivity index (χ2v) is 8.13. The van der Waals surface area contributed by atoms with Crippen LogP contribution >= 0.6 is 23.5 Å². The number of ether oxygens (including phenoxy) is 3. The maximum atomic E-state index is 5.97. The van der Waals surface area contributed by atoms with Crippen LogP contribution in [0.2, 0.25) is 0 Å². The van der Waals surface area contributed by atoms with Crippen molar-refractivity contribution in [2.24, 2.45) is 4.99 Å². The Morgan fingerprint density at radius 2 is 1.59 bits per heavy atom. The minimum Gasteiger partial charge on any atom is -0.489 e. The molecule has 0 fully saturated rings. The lowest BCUT2D eigenvalue weighted by molar-refractivity contribution is 0.167. The number of rotatable bonds is 2. The van der Waals surface area contributed by atoms with Crippen LogP contribution in [0.25, 0.3) is 0 Å². The van der Waals surface area contributed by atoms with Crippen LogP contribution in [0.15, 0.2) is 47.6 Å². The van der Waals surface area contributed by atoms with Crippen molar-refractivity contribution in [3.8, 4) is 11.5 Å². The Hall–Kier alpha value is -1.70. The first-order chi connectivity index (χ1) is 13.4. The molecule has 0 bridgehead atoms. The summed E-state index contributed by atoms with van der Waals surface area (Å²) in [4.78, 5) is 8.76. The van der Waals surface area contributed by atoms with E-state index in [1.54, 1.807) is 12.4 Å². The van der Waals surface area contributed by atoms with E-state index in [4.69, 9.17) is 14.2 Å². The summed E-state index contributed by atoms with van der Waals surface area (Å²) in [7, 11) is 0. The monoisotopic (exact) mass is 404 g/mol. The first-order valence-corrected chi connectivity index (χ1v) is 11.3. The molecule has 144 valence electrons. The van der Waals surface area contributed by atoms with E-state index in [0.717, 1.165) is 59.1 Å². The highest BCUT2D eigenvalue weighted by molar-refractivity contribution is 7.99. The average molecular weight is 405 g/mol. The van der Waals surface area contributed by atoms with E-state index in [0.29, 0.717) is 13.2 Å². The largest absolute Gasteiger partial charge is 0.489 e. The summed E-state index contributed by atoms with van der Waals surface area (Å²) in [6, 6.07) is 11.5. The van der Waals surface area contributed by atoms with Gasteiger partial charge in [0.2, 0.25) is 0 Å². The third kappa shape index (κ3) is 7.44. The van der Waals surface area contributed by atoms with Gasteiger partial charge in [0.1, 0.15) is 0 Å². The van der Waals surface area contributed by atoms with Gasteiger partial charge in [-0.15, -0.1) is 0 Å². The molecule has 0 atom stereocenters. The normalized spacial score (nSPS) is 17.2. The van der Waals surface area contributed by atoms with Gasteiger partial charge in [0.25, 0.3) is 0 Å². The van der Waals surface area contributed by atoms with E-state index in [-0.39, 0.29) is 0 Å². The molecule has 0 saturated carbocycles. The lowest BCUT2D eigenvalue weighted by atomic mass is 10.2. The average Bonchev–Trinajstić information content (AvgIpc) is 2.72. The van der Waals surface area contributed by atoms with Crippen LogP contribution < -0.4 is 9.47 Å². The molecule has 1 aliphatic rings. The molecule has 1 aliphatic heterocycles. The van der Waals surface area contributed by atoms with Crippen LogP contribution in [-0.4, -0.2) is 60.6 Å². The molecule has 27 heavy (non-hydrogen) atoms. The second kappa shape index (κ2) is 11.9. The van der Waals surface area contributed by atoms with Crippen molar-refractivity contribution in [1.82, 2.24) is 4.98 Å². The van der Waals surface area contributed by atoms with Crippen LogP contribution in [-0.2, 0) is 4.74 Å². The number of pyridine rings is 1. The highest BCUT2D eigenvalue weighted by Crippen LogP contribution is 2.32. The number of aliphatic imine (C=N–C) groups is 1. The zero-order chi connectivity index (χ0) is 18.6. The fraction of sp³-hybridized carbons (Fsp3) is 0.400. The van der Waals surface area contributed by atoms with Crippen molar-refractivity contribution in [3.63, 3.8) is 0 Å². The second-order valence-electron chi connectivity index (χ2n) is 5.68. The third-order valence-electron chi connectivity index (χ3n) is 3.68. The lowest BCUT2D eigenvalue weighted by Gasteiger charge is -2.13. The molecule has 1 aromatic carbocycles. The number of benzene rings is 1. The van der Waals surface area contributed by atoms with E-state index >= 15 is 0 Å². The van der Waals surface area contributed by atoms with Crippen LogP contribution in [0.5, 0.6) is 11.5 Å². The van der Waals surface area contributed by atoms with Gasteiger partial charge in [0.15, 0.2) is 11.5 Å². The zero-order valence-electron chi connectivity index (χ0n) is 15.2. The Kier molecular flexibility index (Phi) is 8.83. The van der Waals surface area contributed by atoms with E-state index in [1.807, 2.05) is 59.9 Å². The first-order valence-electron chi connectivity index (χ1n) is 9.00. The van der Waals surface area contributed by atoms with Gasteiger partial charge >= 0.3 is 0 Å². The smallest absolute Gasteiger partial charge is 0.163 e. The summed E-state index contributed by atoms with van der Waals surface area (Å²) >= 11 is 3.68. The Morgan fingerprint density at radius 3 is 2.33 bits per heavy atom. The predicted molar refractivity (Wildman–Crippen MR) is 114 cm³/mol.